The van der Waals surface area contributed by atoms with E-state index in [4.69, 9.17) is 0 Å². The first-order chi connectivity index (χ1) is 11.9. The Morgan fingerprint density at radius 1 is 1.20 bits per heavy atom. The maximum Gasteiger partial charge on any atom is 0.258 e. The molecule has 1 saturated carbocycles. The Labute approximate surface area is 156 Å². The van der Waals surface area contributed by atoms with E-state index in [1.807, 2.05) is 31.2 Å². The number of anilines is 2. The van der Waals surface area contributed by atoms with Crippen LogP contribution in [0.2, 0.25) is 0 Å². The van der Waals surface area contributed by atoms with Crippen molar-refractivity contribution < 1.29 is 9.59 Å². The molecule has 130 valence electrons. The van der Waals surface area contributed by atoms with Crippen molar-refractivity contribution in [2.24, 2.45) is 11.8 Å². The van der Waals surface area contributed by atoms with Gasteiger partial charge in [-0.1, -0.05) is 28.9 Å². The Morgan fingerprint density at radius 2 is 1.92 bits per heavy atom. The third-order valence-electron chi connectivity index (χ3n) is 4.66. The number of carbonyl (C=O) groups is 2. The number of rotatable bonds is 4. The van der Waals surface area contributed by atoms with Gasteiger partial charge in [-0.25, -0.2) is 0 Å². The number of nitrogens with zero attached hydrogens (tertiary/aromatic N) is 1. The molecule has 2 amide bonds. The summed E-state index contributed by atoms with van der Waals surface area (Å²) in [5.41, 5.74) is 3.10. The normalized spacial score (nSPS) is 18.6. The van der Waals surface area contributed by atoms with Gasteiger partial charge in [-0.2, -0.15) is 0 Å². The van der Waals surface area contributed by atoms with Crippen LogP contribution in [0.4, 0.5) is 11.4 Å². The number of benzene rings is 2. The van der Waals surface area contributed by atoms with Crippen LogP contribution in [-0.4, -0.2) is 18.9 Å². The minimum Gasteiger partial charge on any atom is -0.326 e. The highest BCUT2D eigenvalue weighted by Gasteiger charge is 2.39. The Bertz CT molecular complexity index is 834. The van der Waals surface area contributed by atoms with E-state index in [-0.39, 0.29) is 17.7 Å². The molecule has 2 aromatic carbocycles. The van der Waals surface area contributed by atoms with Crippen molar-refractivity contribution in [1.82, 2.24) is 0 Å². The van der Waals surface area contributed by atoms with Gasteiger partial charge in [-0.15, -0.1) is 0 Å². The SMILES string of the molecule is Cc1cc(N(C)C(=O)c2cccc(NC(=O)C3CC3C)c2)ccc1Br. The zero-order chi connectivity index (χ0) is 18.1. The van der Waals surface area contributed by atoms with Crippen LogP contribution in [0.3, 0.4) is 0 Å². The van der Waals surface area contributed by atoms with Crippen LogP contribution >= 0.6 is 15.9 Å². The molecule has 25 heavy (non-hydrogen) atoms. The summed E-state index contributed by atoms with van der Waals surface area (Å²) in [6.07, 6.45) is 0.941. The lowest BCUT2D eigenvalue weighted by Gasteiger charge is -2.19. The highest BCUT2D eigenvalue weighted by Crippen LogP contribution is 2.38. The Hall–Kier alpha value is -2.14. The summed E-state index contributed by atoms with van der Waals surface area (Å²) in [5.74, 6) is 0.482. The molecule has 1 aliphatic rings. The highest BCUT2D eigenvalue weighted by atomic mass is 79.9. The molecule has 0 aliphatic heterocycles. The molecule has 0 saturated heterocycles. The molecule has 4 nitrogen and oxygen atoms in total. The average molecular weight is 401 g/mol. The van der Waals surface area contributed by atoms with Gasteiger partial charge in [0, 0.05) is 34.4 Å². The van der Waals surface area contributed by atoms with Crippen molar-refractivity contribution in [3.8, 4) is 0 Å². The first kappa shape index (κ1) is 17.7. The minimum atomic E-state index is -0.113. The second kappa shape index (κ2) is 7.00. The predicted octanol–water partition coefficient (Wildman–Crippen LogP) is 4.63. The maximum atomic E-state index is 12.8. The molecular formula is C20H21BrN2O2. The summed E-state index contributed by atoms with van der Waals surface area (Å²) in [6.45, 7) is 4.06. The molecule has 0 heterocycles. The first-order valence-corrected chi connectivity index (χ1v) is 9.11. The summed E-state index contributed by atoms with van der Waals surface area (Å²) in [6, 6.07) is 12.9. The topological polar surface area (TPSA) is 49.4 Å². The second-order valence-corrected chi connectivity index (χ2v) is 7.54. The van der Waals surface area contributed by atoms with E-state index >= 15 is 0 Å². The predicted molar refractivity (Wildman–Crippen MR) is 104 cm³/mol. The van der Waals surface area contributed by atoms with Gasteiger partial charge in [0.25, 0.3) is 5.91 Å². The van der Waals surface area contributed by atoms with Crippen LogP contribution in [0.25, 0.3) is 0 Å². The third kappa shape index (κ3) is 3.93. The van der Waals surface area contributed by atoms with Gasteiger partial charge in [-0.05, 0) is 61.2 Å². The van der Waals surface area contributed by atoms with Crippen LogP contribution < -0.4 is 10.2 Å². The molecule has 1 aliphatic carbocycles. The molecule has 1 fully saturated rings. The van der Waals surface area contributed by atoms with E-state index in [0.717, 1.165) is 22.1 Å². The fourth-order valence-electron chi connectivity index (χ4n) is 2.80. The molecule has 2 aromatic rings. The standard InChI is InChI=1S/C20H21BrN2O2/c1-12-10-17(12)19(24)22-15-6-4-5-14(11-15)20(25)23(3)16-7-8-18(21)13(2)9-16/h4-9,11-12,17H,10H2,1-3H3,(H,22,24). The van der Waals surface area contributed by atoms with E-state index in [0.29, 0.717) is 17.2 Å². The molecule has 0 radical (unpaired) electrons. The molecule has 2 unspecified atom stereocenters. The largest absolute Gasteiger partial charge is 0.326 e. The van der Waals surface area contributed by atoms with Crippen LogP contribution in [0.5, 0.6) is 0 Å². The first-order valence-electron chi connectivity index (χ1n) is 8.32. The smallest absolute Gasteiger partial charge is 0.258 e. The van der Waals surface area contributed by atoms with Gasteiger partial charge in [0.15, 0.2) is 0 Å². The fraction of sp³-hybridized carbons (Fsp3) is 0.300. The van der Waals surface area contributed by atoms with Gasteiger partial charge >= 0.3 is 0 Å². The number of amides is 2. The van der Waals surface area contributed by atoms with Crippen molar-refractivity contribution in [1.29, 1.82) is 0 Å². The van der Waals surface area contributed by atoms with E-state index in [9.17, 15) is 9.59 Å². The number of nitrogens with one attached hydrogen (secondary N) is 1. The maximum absolute atomic E-state index is 12.8. The summed E-state index contributed by atoms with van der Waals surface area (Å²) in [7, 11) is 1.75. The quantitative estimate of drug-likeness (QED) is 0.812. The summed E-state index contributed by atoms with van der Waals surface area (Å²) in [5, 5.41) is 2.91. The van der Waals surface area contributed by atoms with Gasteiger partial charge in [-0.3, -0.25) is 9.59 Å². The van der Waals surface area contributed by atoms with Crippen LogP contribution in [0.1, 0.15) is 29.3 Å². The number of carbonyl (C=O) groups excluding carboxylic acids is 2. The van der Waals surface area contributed by atoms with Gasteiger partial charge in [0.2, 0.25) is 5.91 Å². The van der Waals surface area contributed by atoms with Crippen molar-refractivity contribution in [3.63, 3.8) is 0 Å². The van der Waals surface area contributed by atoms with Crippen molar-refractivity contribution >= 4 is 39.1 Å². The van der Waals surface area contributed by atoms with Gasteiger partial charge in [0.1, 0.15) is 0 Å². The molecular weight excluding hydrogens is 380 g/mol. The monoisotopic (exact) mass is 400 g/mol. The molecule has 2 atom stereocenters. The lowest BCUT2D eigenvalue weighted by Crippen LogP contribution is -2.26. The Kier molecular flexibility index (Phi) is 4.95. The Morgan fingerprint density at radius 3 is 2.56 bits per heavy atom. The van der Waals surface area contributed by atoms with Crippen LogP contribution in [0, 0.1) is 18.8 Å². The number of halogens is 1. The van der Waals surface area contributed by atoms with Crippen molar-refractivity contribution in [2.45, 2.75) is 20.3 Å². The number of aryl methyl sites for hydroxylation is 1. The van der Waals surface area contributed by atoms with E-state index in [2.05, 4.69) is 28.2 Å². The van der Waals surface area contributed by atoms with E-state index in [1.165, 1.54) is 0 Å². The van der Waals surface area contributed by atoms with E-state index in [1.54, 1.807) is 30.1 Å². The van der Waals surface area contributed by atoms with Gasteiger partial charge < -0.3 is 10.2 Å². The van der Waals surface area contributed by atoms with Crippen LogP contribution in [0.15, 0.2) is 46.9 Å². The summed E-state index contributed by atoms with van der Waals surface area (Å²) >= 11 is 3.47. The van der Waals surface area contributed by atoms with Crippen molar-refractivity contribution in [2.75, 3.05) is 17.3 Å². The molecule has 0 spiro atoms. The molecule has 1 N–H and O–H groups in total. The lowest BCUT2D eigenvalue weighted by atomic mass is 10.1. The second-order valence-electron chi connectivity index (χ2n) is 6.69. The highest BCUT2D eigenvalue weighted by molar-refractivity contribution is 9.10. The molecule has 0 aromatic heterocycles. The van der Waals surface area contributed by atoms with Crippen molar-refractivity contribution in [3.05, 3.63) is 58.1 Å². The summed E-state index contributed by atoms with van der Waals surface area (Å²) < 4.78 is 1.01. The summed E-state index contributed by atoms with van der Waals surface area (Å²) in [4.78, 5) is 26.5. The molecule has 0 bridgehead atoms. The number of hydrogen-bond acceptors (Lipinski definition) is 2. The zero-order valence-electron chi connectivity index (χ0n) is 14.5. The number of hydrogen-bond donors (Lipinski definition) is 1. The molecule has 5 heteroatoms. The Balaban J connectivity index is 1.76. The third-order valence-corrected chi connectivity index (χ3v) is 5.55. The fourth-order valence-corrected chi connectivity index (χ4v) is 3.05. The lowest BCUT2D eigenvalue weighted by molar-refractivity contribution is -0.117. The van der Waals surface area contributed by atoms with E-state index < -0.39 is 0 Å². The minimum absolute atomic E-state index is 0.0361. The zero-order valence-corrected chi connectivity index (χ0v) is 16.1. The van der Waals surface area contributed by atoms with Crippen LogP contribution in [-0.2, 0) is 4.79 Å². The average Bonchev–Trinajstić information content (AvgIpc) is 3.33. The molecule has 3 rings (SSSR count). The van der Waals surface area contributed by atoms with Gasteiger partial charge in [0.05, 0.1) is 0 Å².